The summed E-state index contributed by atoms with van der Waals surface area (Å²) < 4.78 is 11.0. The molecule has 37 heavy (non-hydrogen) atoms. The van der Waals surface area contributed by atoms with Crippen molar-refractivity contribution in [2.24, 2.45) is 0 Å². The first-order valence-electron chi connectivity index (χ1n) is 12.3. The Morgan fingerprint density at radius 3 is 2.41 bits per heavy atom. The molecule has 1 amide bonds. The second-order valence-corrected chi connectivity index (χ2v) is 9.30. The number of allylic oxidation sites excluding steroid dienone is 1. The average Bonchev–Trinajstić information content (AvgIpc) is 3.43. The Bertz CT molecular complexity index is 1470. The predicted octanol–water partition coefficient (Wildman–Crippen LogP) is 6.50. The summed E-state index contributed by atoms with van der Waals surface area (Å²) in [6, 6.07) is 27.7. The quantitative estimate of drug-likeness (QED) is 0.353. The molecule has 0 bridgehead atoms. The van der Waals surface area contributed by atoms with Crippen molar-refractivity contribution in [1.29, 1.82) is 0 Å². The fourth-order valence-corrected chi connectivity index (χ4v) is 5.36. The number of carbonyl (C=O) groups is 2. The van der Waals surface area contributed by atoms with E-state index < -0.39 is 6.04 Å². The number of carbonyl (C=O) groups excluding carboxylic acids is 2. The number of ketones is 1. The van der Waals surface area contributed by atoms with Crippen molar-refractivity contribution in [1.82, 2.24) is 0 Å². The zero-order valence-electron chi connectivity index (χ0n) is 20.4. The van der Waals surface area contributed by atoms with Gasteiger partial charge in [0.15, 0.2) is 5.78 Å². The summed E-state index contributed by atoms with van der Waals surface area (Å²) in [6.45, 7) is 0. The van der Waals surface area contributed by atoms with Crippen LogP contribution in [0.15, 0.2) is 113 Å². The number of nitrogens with zero attached hydrogens (tertiary/aromatic N) is 1. The van der Waals surface area contributed by atoms with Crippen molar-refractivity contribution >= 4 is 23.1 Å². The lowest BCUT2D eigenvalue weighted by atomic mass is 9.80. The largest absolute Gasteiger partial charge is 0.497 e. The third-order valence-electron chi connectivity index (χ3n) is 7.11. The Kier molecular flexibility index (Phi) is 5.85. The molecule has 0 spiro atoms. The zero-order valence-corrected chi connectivity index (χ0v) is 20.4. The molecule has 3 aromatic carbocycles. The maximum absolute atomic E-state index is 14.2. The van der Waals surface area contributed by atoms with Crippen LogP contribution < -0.4 is 15.0 Å². The highest BCUT2D eigenvalue weighted by Gasteiger charge is 2.42. The number of Topliss-reactive ketones (excluding diaryl/α,β-unsaturated/α-hetero) is 1. The molecule has 1 N–H and O–H groups in total. The maximum atomic E-state index is 14.2. The number of ether oxygens (including phenoxy) is 1. The first-order chi connectivity index (χ1) is 18.1. The zero-order chi connectivity index (χ0) is 25.4. The van der Waals surface area contributed by atoms with Gasteiger partial charge in [-0.3, -0.25) is 14.5 Å². The summed E-state index contributed by atoms with van der Waals surface area (Å²) in [6.07, 6.45) is 2.57. The predicted molar refractivity (Wildman–Crippen MR) is 142 cm³/mol. The van der Waals surface area contributed by atoms with E-state index in [0.29, 0.717) is 35.4 Å². The molecule has 184 valence electrons. The van der Waals surface area contributed by atoms with Crippen LogP contribution in [0, 0.1) is 0 Å². The molecule has 6 rings (SSSR count). The Balaban J connectivity index is 1.55. The van der Waals surface area contributed by atoms with Gasteiger partial charge in [0, 0.05) is 29.2 Å². The van der Waals surface area contributed by atoms with Crippen LogP contribution in [0.5, 0.6) is 5.75 Å². The van der Waals surface area contributed by atoms with E-state index in [0.717, 1.165) is 22.7 Å². The molecular formula is C31H26N2O4. The Morgan fingerprint density at radius 1 is 0.919 bits per heavy atom. The van der Waals surface area contributed by atoms with E-state index in [1.165, 1.54) is 0 Å². The molecule has 1 aromatic heterocycles. The SMILES string of the molecule is COc1ccc(C(=O)N2c3ccccc3NC3=C(C(=O)C[C@@H](c4ccco4)C3)[C@@H]2c2ccccc2)cc1. The number of para-hydroxylation sites is 2. The van der Waals surface area contributed by atoms with Crippen molar-refractivity contribution in [2.75, 3.05) is 17.3 Å². The van der Waals surface area contributed by atoms with Crippen molar-refractivity contribution in [2.45, 2.75) is 24.8 Å². The maximum Gasteiger partial charge on any atom is 0.259 e. The molecule has 0 unspecified atom stereocenters. The summed E-state index contributed by atoms with van der Waals surface area (Å²) in [4.78, 5) is 29.9. The molecule has 2 heterocycles. The van der Waals surface area contributed by atoms with Gasteiger partial charge in [0.1, 0.15) is 11.5 Å². The number of amides is 1. The highest BCUT2D eigenvalue weighted by Crippen LogP contribution is 2.47. The Hall–Kier alpha value is -4.58. The fourth-order valence-electron chi connectivity index (χ4n) is 5.36. The van der Waals surface area contributed by atoms with Gasteiger partial charge < -0.3 is 14.5 Å². The highest BCUT2D eigenvalue weighted by molar-refractivity contribution is 6.12. The lowest BCUT2D eigenvalue weighted by Crippen LogP contribution is -2.38. The molecule has 1 aliphatic carbocycles. The van der Waals surface area contributed by atoms with Crippen molar-refractivity contribution in [3.63, 3.8) is 0 Å². The van der Waals surface area contributed by atoms with E-state index in [2.05, 4.69) is 5.32 Å². The molecule has 0 fully saturated rings. The van der Waals surface area contributed by atoms with E-state index in [4.69, 9.17) is 9.15 Å². The minimum atomic E-state index is -0.591. The van der Waals surface area contributed by atoms with Crippen LogP contribution in [0.3, 0.4) is 0 Å². The van der Waals surface area contributed by atoms with Crippen LogP contribution in [0.4, 0.5) is 11.4 Å². The highest BCUT2D eigenvalue weighted by atomic mass is 16.5. The second kappa shape index (κ2) is 9.47. The number of methoxy groups -OCH3 is 1. The van der Waals surface area contributed by atoms with Gasteiger partial charge in [0.2, 0.25) is 0 Å². The van der Waals surface area contributed by atoms with E-state index in [1.54, 1.807) is 42.5 Å². The normalized spacial score (nSPS) is 18.9. The van der Waals surface area contributed by atoms with E-state index >= 15 is 0 Å². The van der Waals surface area contributed by atoms with Gasteiger partial charge in [-0.1, -0.05) is 42.5 Å². The van der Waals surface area contributed by atoms with Gasteiger partial charge in [-0.25, -0.2) is 0 Å². The Morgan fingerprint density at radius 2 is 1.68 bits per heavy atom. The number of hydrogen-bond acceptors (Lipinski definition) is 5. The van der Waals surface area contributed by atoms with E-state index in [1.807, 2.05) is 66.7 Å². The van der Waals surface area contributed by atoms with Crippen LogP contribution >= 0.6 is 0 Å². The molecule has 0 saturated carbocycles. The summed E-state index contributed by atoms with van der Waals surface area (Å²) >= 11 is 0. The van der Waals surface area contributed by atoms with Crippen LogP contribution in [0.25, 0.3) is 0 Å². The molecule has 4 aromatic rings. The molecule has 1 aliphatic heterocycles. The smallest absolute Gasteiger partial charge is 0.259 e. The lowest BCUT2D eigenvalue weighted by Gasteiger charge is -2.35. The number of rotatable bonds is 4. The van der Waals surface area contributed by atoms with Crippen molar-refractivity contribution < 1.29 is 18.7 Å². The fraction of sp³-hybridized carbons (Fsp3) is 0.161. The van der Waals surface area contributed by atoms with E-state index in [9.17, 15) is 9.59 Å². The first-order valence-corrected chi connectivity index (χ1v) is 12.3. The topological polar surface area (TPSA) is 71.8 Å². The number of fused-ring (bicyclic) bond motifs is 1. The molecule has 6 nitrogen and oxygen atoms in total. The molecular weight excluding hydrogens is 464 g/mol. The molecule has 2 aliphatic rings. The van der Waals surface area contributed by atoms with Crippen LogP contribution in [0.2, 0.25) is 0 Å². The molecule has 0 radical (unpaired) electrons. The second-order valence-electron chi connectivity index (χ2n) is 9.30. The van der Waals surface area contributed by atoms with Crippen LogP contribution in [-0.2, 0) is 4.79 Å². The number of anilines is 2. The minimum Gasteiger partial charge on any atom is -0.497 e. The summed E-state index contributed by atoms with van der Waals surface area (Å²) in [5.41, 5.74) is 4.32. The molecule has 6 heteroatoms. The number of furan rings is 1. The summed E-state index contributed by atoms with van der Waals surface area (Å²) in [7, 11) is 1.59. The average molecular weight is 491 g/mol. The van der Waals surface area contributed by atoms with E-state index in [-0.39, 0.29) is 17.6 Å². The van der Waals surface area contributed by atoms with Gasteiger partial charge in [-0.05, 0) is 60.5 Å². The van der Waals surface area contributed by atoms with Gasteiger partial charge >= 0.3 is 0 Å². The first kappa shape index (κ1) is 22.9. The van der Waals surface area contributed by atoms with Gasteiger partial charge in [0.25, 0.3) is 5.91 Å². The van der Waals surface area contributed by atoms with Crippen LogP contribution in [0.1, 0.15) is 46.5 Å². The number of benzene rings is 3. The minimum absolute atomic E-state index is 0.00402. The summed E-state index contributed by atoms with van der Waals surface area (Å²) in [5.74, 6) is 1.21. The standard InChI is InChI=1S/C31H26N2O4/c1-36-23-15-13-21(14-16-23)31(35)33-26-11-6-5-10-24(26)32-25-18-22(28-12-7-17-37-28)19-27(34)29(25)30(33)20-8-3-2-4-9-20/h2-17,22,30,32H,18-19H2,1H3/t22-,30-/m0/s1. The molecule has 2 atom stereocenters. The number of hydrogen-bond donors (Lipinski definition) is 1. The Labute approximate surface area is 215 Å². The molecule has 0 saturated heterocycles. The third-order valence-corrected chi connectivity index (χ3v) is 7.11. The van der Waals surface area contributed by atoms with Gasteiger partial charge in [-0.15, -0.1) is 0 Å². The van der Waals surface area contributed by atoms with Crippen molar-refractivity contribution in [3.05, 3.63) is 125 Å². The van der Waals surface area contributed by atoms with Gasteiger partial charge in [0.05, 0.1) is 30.8 Å². The van der Waals surface area contributed by atoms with Crippen molar-refractivity contribution in [3.8, 4) is 5.75 Å². The lowest BCUT2D eigenvalue weighted by molar-refractivity contribution is -0.116. The summed E-state index contributed by atoms with van der Waals surface area (Å²) in [5, 5.41) is 3.54. The number of nitrogens with one attached hydrogen (secondary N) is 1. The van der Waals surface area contributed by atoms with Crippen LogP contribution in [-0.4, -0.2) is 18.8 Å². The third kappa shape index (κ3) is 4.10. The monoisotopic (exact) mass is 490 g/mol. The van der Waals surface area contributed by atoms with Gasteiger partial charge in [-0.2, -0.15) is 0 Å².